The molecule has 3 aliphatic carbocycles. The Hall–Kier alpha value is -4.28. The van der Waals surface area contributed by atoms with Crippen molar-refractivity contribution in [2.24, 2.45) is 5.41 Å². The van der Waals surface area contributed by atoms with Gasteiger partial charge in [0.1, 0.15) is 23.8 Å². The second-order valence-corrected chi connectivity index (χ2v) is 16.3. The van der Waals surface area contributed by atoms with E-state index in [4.69, 9.17) is 9.47 Å². The van der Waals surface area contributed by atoms with Crippen LogP contribution in [0.25, 0.3) is 0 Å². The first-order chi connectivity index (χ1) is 24.6. The summed E-state index contributed by atoms with van der Waals surface area (Å²) in [5.74, 6) is 1.76. The Labute approximate surface area is 310 Å². The minimum absolute atomic E-state index is 0.0485. The van der Waals surface area contributed by atoms with Crippen molar-refractivity contribution < 1.29 is 9.47 Å². The molecule has 0 saturated heterocycles. The zero-order chi connectivity index (χ0) is 36.4. The molecule has 0 amide bonds. The first kappa shape index (κ1) is 38.0. The molecule has 1 fully saturated rings. The lowest BCUT2D eigenvalue weighted by Crippen LogP contribution is -2.24. The number of nitriles is 3. The summed E-state index contributed by atoms with van der Waals surface area (Å²) in [5, 5.41) is 30.1. The number of thioether (sulfide) groups is 1. The van der Waals surface area contributed by atoms with Crippen LogP contribution in [0.15, 0.2) is 118 Å². The number of allylic oxidation sites excluding steroid dienone is 11. The molecule has 1 aromatic rings. The number of nitrogens with zero attached hydrogens (tertiary/aromatic N) is 3. The minimum Gasteiger partial charge on any atom is -0.474 e. The molecule has 3 atom stereocenters. The normalized spacial score (nSPS) is 25.8. The van der Waals surface area contributed by atoms with Crippen molar-refractivity contribution in [3.63, 3.8) is 0 Å². The molecule has 5 nitrogen and oxygen atoms in total. The molecule has 1 aromatic carbocycles. The second-order valence-electron chi connectivity index (χ2n) is 15.0. The first-order valence-electron chi connectivity index (χ1n) is 18.4. The van der Waals surface area contributed by atoms with E-state index in [1.54, 1.807) is 7.11 Å². The SMILES string of the molecule is CCCCSC1C=CC(/C=C/C2=CC(=C/C=C/C3=C(C#N)C(=C(C#N)C#N)OC3(C)c3ccc(C4CCCCC4)cc3)/CC(C)(C)C2)=CC1OC. The fourth-order valence-electron chi connectivity index (χ4n) is 7.73. The topological polar surface area (TPSA) is 89.8 Å². The van der Waals surface area contributed by atoms with Crippen LogP contribution in [0.1, 0.15) is 103 Å². The van der Waals surface area contributed by atoms with Crippen LogP contribution in [-0.4, -0.2) is 24.2 Å². The molecule has 0 spiro atoms. The Bertz CT molecular complexity index is 1810. The molecular formula is C45H51N3O2S. The number of unbranched alkanes of at least 4 members (excludes halogenated alkanes) is 1. The van der Waals surface area contributed by atoms with Crippen LogP contribution in [0.2, 0.25) is 0 Å². The summed E-state index contributed by atoms with van der Waals surface area (Å²) in [4.78, 5) is 0. The Kier molecular flexibility index (Phi) is 12.9. The molecule has 0 aromatic heterocycles. The van der Waals surface area contributed by atoms with Crippen molar-refractivity contribution in [2.75, 3.05) is 12.9 Å². The predicted molar refractivity (Wildman–Crippen MR) is 208 cm³/mol. The average Bonchev–Trinajstić information content (AvgIpc) is 3.43. The van der Waals surface area contributed by atoms with Gasteiger partial charge < -0.3 is 9.47 Å². The van der Waals surface area contributed by atoms with Gasteiger partial charge >= 0.3 is 0 Å². The number of rotatable bonds is 11. The van der Waals surface area contributed by atoms with E-state index < -0.39 is 5.60 Å². The summed E-state index contributed by atoms with van der Waals surface area (Å²) in [7, 11) is 1.79. The molecular weight excluding hydrogens is 647 g/mol. The van der Waals surface area contributed by atoms with E-state index >= 15 is 0 Å². The molecule has 6 heteroatoms. The highest BCUT2D eigenvalue weighted by molar-refractivity contribution is 8.00. The van der Waals surface area contributed by atoms with Gasteiger partial charge in [-0.15, -0.1) is 0 Å². The maximum Gasteiger partial charge on any atom is 0.172 e. The first-order valence-corrected chi connectivity index (χ1v) is 19.5. The van der Waals surface area contributed by atoms with Gasteiger partial charge in [-0.25, -0.2) is 0 Å². The van der Waals surface area contributed by atoms with Crippen molar-refractivity contribution in [2.45, 2.75) is 108 Å². The fraction of sp³-hybridized carbons (Fsp3) is 0.444. The van der Waals surface area contributed by atoms with Gasteiger partial charge in [0, 0.05) is 12.7 Å². The van der Waals surface area contributed by atoms with Crippen molar-refractivity contribution in [1.82, 2.24) is 0 Å². The van der Waals surface area contributed by atoms with Crippen LogP contribution in [-0.2, 0) is 15.1 Å². The molecule has 0 radical (unpaired) electrons. The smallest absolute Gasteiger partial charge is 0.172 e. The van der Waals surface area contributed by atoms with Gasteiger partial charge in [-0.1, -0.05) is 119 Å². The molecule has 3 unspecified atom stereocenters. The Balaban J connectivity index is 1.42. The van der Waals surface area contributed by atoms with Gasteiger partial charge in [-0.3, -0.25) is 0 Å². The van der Waals surface area contributed by atoms with E-state index in [1.807, 2.05) is 43.0 Å². The third kappa shape index (κ3) is 9.15. The predicted octanol–water partition coefficient (Wildman–Crippen LogP) is 11.3. The van der Waals surface area contributed by atoms with Crippen molar-refractivity contribution in [3.8, 4) is 18.2 Å². The largest absolute Gasteiger partial charge is 0.474 e. The zero-order valence-electron chi connectivity index (χ0n) is 30.9. The Morgan fingerprint density at radius 2 is 1.75 bits per heavy atom. The summed E-state index contributed by atoms with van der Waals surface area (Å²) >= 11 is 1.96. The van der Waals surface area contributed by atoms with E-state index in [0.717, 1.165) is 29.7 Å². The highest BCUT2D eigenvalue weighted by Gasteiger charge is 2.44. The van der Waals surface area contributed by atoms with E-state index in [0.29, 0.717) is 16.7 Å². The summed E-state index contributed by atoms with van der Waals surface area (Å²) in [6.07, 6.45) is 30.0. The monoisotopic (exact) mass is 697 g/mol. The number of ether oxygens (including phenoxy) is 2. The average molecular weight is 698 g/mol. The van der Waals surface area contributed by atoms with Gasteiger partial charge in [0.2, 0.25) is 0 Å². The number of hydrogen-bond acceptors (Lipinski definition) is 6. The molecule has 0 bridgehead atoms. The van der Waals surface area contributed by atoms with Crippen molar-refractivity contribution >= 4 is 11.8 Å². The third-order valence-electron chi connectivity index (χ3n) is 10.5. The highest BCUT2D eigenvalue weighted by atomic mass is 32.2. The third-order valence-corrected chi connectivity index (χ3v) is 11.8. The van der Waals surface area contributed by atoms with Gasteiger partial charge in [-0.2, -0.15) is 27.5 Å². The summed E-state index contributed by atoms with van der Waals surface area (Å²) in [6, 6.07) is 14.6. The minimum atomic E-state index is -1.04. The summed E-state index contributed by atoms with van der Waals surface area (Å²) < 4.78 is 12.3. The lowest BCUT2D eigenvalue weighted by atomic mass is 9.75. The maximum absolute atomic E-state index is 10.3. The van der Waals surface area contributed by atoms with Crippen LogP contribution >= 0.6 is 11.8 Å². The molecule has 51 heavy (non-hydrogen) atoms. The molecule has 1 aliphatic heterocycles. The lowest BCUT2D eigenvalue weighted by Gasteiger charge is -2.30. The van der Waals surface area contributed by atoms with E-state index in [2.05, 4.69) is 93.6 Å². The van der Waals surface area contributed by atoms with Crippen LogP contribution in [0.3, 0.4) is 0 Å². The van der Waals surface area contributed by atoms with Crippen LogP contribution in [0.4, 0.5) is 0 Å². The van der Waals surface area contributed by atoms with Gasteiger partial charge in [-0.05, 0) is 90.0 Å². The molecule has 0 N–H and O–H groups in total. The second kappa shape index (κ2) is 17.3. The Morgan fingerprint density at radius 3 is 2.41 bits per heavy atom. The summed E-state index contributed by atoms with van der Waals surface area (Å²) in [6.45, 7) is 8.74. The van der Waals surface area contributed by atoms with Crippen LogP contribution < -0.4 is 0 Å². The molecule has 264 valence electrons. The quantitative estimate of drug-likeness (QED) is 0.169. The molecule has 1 heterocycles. The van der Waals surface area contributed by atoms with E-state index in [1.165, 1.54) is 61.7 Å². The Morgan fingerprint density at radius 1 is 1.00 bits per heavy atom. The standard InChI is InChI=1S/C45H51N3O2S/c1-6-7-24-51-42-23-18-32(26-41(42)49-5)16-17-34-25-33(27-44(2,3)28-34)12-11-15-40-39(31-48)43(37(29-46)30-47)50-45(40,4)38-21-19-36(20-22-38)35-13-9-8-10-14-35/h11-12,15-23,25-26,35,41-42H,6-10,13-14,24,27-28H2,1-5H3/b15-11+,17-16+,33-12-. The van der Waals surface area contributed by atoms with Crippen molar-refractivity contribution in [1.29, 1.82) is 15.8 Å². The number of methoxy groups -OCH3 is 1. The molecule has 1 saturated carbocycles. The molecule has 5 rings (SSSR count). The number of hydrogen-bond donors (Lipinski definition) is 0. The van der Waals surface area contributed by atoms with Crippen molar-refractivity contribution in [3.05, 3.63) is 129 Å². The lowest BCUT2D eigenvalue weighted by molar-refractivity contribution is 0.0754. The van der Waals surface area contributed by atoms with Gasteiger partial charge in [0.25, 0.3) is 0 Å². The number of benzene rings is 1. The molecule has 4 aliphatic rings. The van der Waals surface area contributed by atoms with E-state index in [-0.39, 0.29) is 28.4 Å². The van der Waals surface area contributed by atoms with Gasteiger partial charge in [0.15, 0.2) is 16.9 Å². The zero-order valence-corrected chi connectivity index (χ0v) is 31.7. The van der Waals surface area contributed by atoms with Crippen LogP contribution in [0, 0.1) is 39.4 Å². The van der Waals surface area contributed by atoms with Crippen LogP contribution in [0.5, 0.6) is 0 Å². The fourth-order valence-corrected chi connectivity index (χ4v) is 9.02. The van der Waals surface area contributed by atoms with Gasteiger partial charge in [0.05, 0.1) is 11.4 Å². The highest BCUT2D eigenvalue weighted by Crippen LogP contribution is 2.47. The van der Waals surface area contributed by atoms with E-state index in [9.17, 15) is 15.8 Å². The maximum atomic E-state index is 10.3. The summed E-state index contributed by atoms with van der Waals surface area (Å²) in [5.41, 5.74) is 5.52.